The number of halogens is 2. The molecule has 1 rings (SSSR count). The molecule has 1 aromatic rings. The van der Waals surface area contributed by atoms with Crippen LogP contribution in [0.25, 0.3) is 0 Å². The highest BCUT2D eigenvalue weighted by atomic mass is 35.5. The number of hydrogen-bond acceptors (Lipinski definition) is 3. The molecular formula is C10H7Cl2NO2. The number of nitriles is 1. The van der Waals surface area contributed by atoms with Gasteiger partial charge in [0.05, 0.1) is 13.2 Å². The molecule has 1 aromatic carbocycles. The van der Waals surface area contributed by atoms with E-state index in [0.29, 0.717) is 10.6 Å². The van der Waals surface area contributed by atoms with Gasteiger partial charge in [-0.3, -0.25) is 4.79 Å². The predicted octanol–water partition coefficient (Wildman–Crippen LogP) is 2.77. The van der Waals surface area contributed by atoms with Crippen molar-refractivity contribution in [3.8, 4) is 6.07 Å². The first-order valence-electron chi connectivity index (χ1n) is 4.02. The Labute approximate surface area is 97.2 Å². The predicted molar refractivity (Wildman–Crippen MR) is 56.8 cm³/mol. The van der Waals surface area contributed by atoms with Crippen LogP contribution in [0.1, 0.15) is 11.5 Å². The molecule has 1 atom stereocenters. The zero-order valence-electron chi connectivity index (χ0n) is 7.83. The molecule has 5 heteroatoms. The third-order valence-corrected chi connectivity index (χ3v) is 2.40. The number of rotatable bonds is 2. The molecule has 0 aliphatic carbocycles. The topological polar surface area (TPSA) is 50.1 Å². The molecule has 0 aromatic heterocycles. The Bertz CT molecular complexity index is 426. The first kappa shape index (κ1) is 11.8. The lowest BCUT2D eigenvalue weighted by molar-refractivity contribution is -0.140. The van der Waals surface area contributed by atoms with Crippen LogP contribution in [0.5, 0.6) is 0 Å². The second-order valence-corrected chi connectivity index (χ2v) is 3.59. The highest BCUT2D eigenvalue weighted by Crippen LogP contribution is 2.27. The first-order chi connectivity index (χ1) is 7.10. The molecule has 0 radical (unpaired) electrons. The molecule has 0 saturated heterocycles. The molecule has 78 valence electrons. The summed E-state index contributed by atoms with van der Waals surface area (Å²) in [6.07, 6.45) is 0. The van der Waals surface area contributed by atoms with E-state index in [0.717, 1.165) is 0 Å². The Kier molecular flexibility index (Phi) is 3.96. The largest absolute Gasteiger partial charge is 0.468 e. The number of esters is 1. The van der Waals surface area contributed by atoms with Crippen LogP contribution in [0, 0.1) is 11.3 Å². The fourth-order valence-electron chi connectivity index (χ4n) is 1.10. The summed E-state index contributed by atoms with van der Waals surface area (Å²) in [6, 6.07) is 6.41. The van der Waals surface area contributed by atoms with Gasteiger partial charge in [0.1, 0.15) is 0 Å². The molecule has 1 unspecified atom stereocenters. The van der Waals surface area contributed by atoms with Crippen LogP contribution in [0.15, 0.2) is 18.2 Å². The number of hydrogen-bond donors (Lipinski definition) is 0. The van der Waals surface area contributed by atoms with Crippen molar-refractivity contribution in [2.45, 2.75) is 5.92 Å². The van der Waals surface area contributed by atoms with Crippen LogP contribution < -0.4 is 0 Å². The molecule has 0 aliphatic heterocycles. The molecule has 0 amide bonds. The smallest absolute Gasteiger partial charge is 0.327 e. The lowest BCUT2D eigenvalue weighted by Gasteiger charge is -2.08. The van der Waals surface area contributed by atoms with Crippen LogP contribution in [0.4, 0.5) is 0 Å². The van der Waals surface area contributed by atoms with Gasteiger partial charge >= 0.3 is 5.97 Å². The Morgan fingerprint density at radius 3 is 2.67 bits per heavy atom. The van der Waals surface area contributed by atoms with E-state index in [1.165, 1.54) is 19.2 Å². The quantitative estimate of drug-likeness (QED) is 0.751. The fourth-order valence-corrected chi connectivity index (χ4v) is 1.62. The molecule has 0 aliphatic rings. The Hall–Kier alpha value is -1.24. The van der Waals surface area contributed by atoms with Gasteiger partial charge in [0.25, 0.3) is 0 Å². The van der Waals surface area contributed by atoms with Crippen molar-refractivity contribution in [3.63, 3.8) is 0 Å². The Morgan fingerprint density at radius 2 is 2.20 bits per heavy atom. The highest BCUT2D eigenvalue weighted by Gasteiger charge is 2.23. The van der Waals surface area contributed by atoms with Crippen LogP contribution in [-0.2, 0) is 9.53 Å². The first-order valence-corrected chi connectivity index (χ1v) is 4.78. The summed E-state index contributed by atoms with van der Waals surface area (Å²) in [4.78, 5) is 11.2. The molecule has 0 N–H and O–H groups in total. The van der Waals surface area contributed by atoms with Gasteiger partial charge in [0.2, 0.25) is 0 Å². The lowest BCUT2D eigenvalue weighted by atomic mass is 10.0. The van der Waals surface area contributed by atoms with Crippen LogP contribution in [0.2, 0.25) is 10.0 Å². The average molecular weight is 244 g/mol. The number of nitrogens with zero attached hydrogens (tertiary/aromatic N) is 1. The normalized spacial score (nSPS) is 11.6. The van der Waals surface area contributed by atoms with E-state index in [1.807, 2.05) is 6.07 Å². The molecule has 3 nitrogen and oxygen atoms in total. The number of benzene rings is 1. The number of ether oxygens (including phenoxy) is 1. The maximum Gasteiger partial charge on any atom is 0.327 e. The van der Waals surface area contributed by atoms with Crippen LogP contribution in [-0.4, -0.2) is 13.1 Å². The summed E-state index contributed by atoms with van der Waals surface area (Å²) in [5.74, 6) is -1.65. The van der Waals surface area contributed by atoms with Crippen LogP contribution >= 0.6 is 23.2 Å². The van der Waals surface area contributed by atoms with Crippen molar-refractivity contribution in [3.05, 3.63) is 33.8 Å². The standard InChI is InChI=1S/C10H7Cl2NO2/c1-15-10(14)8(5-13)7-3-2-6(11)4-9(7)12/h2-4,8H,1H3. The summed E-state index contributed by atoms with van der Waals surface area (Å²) in [7, 11) is 1.22. The minimum atomic E-state index is -1.01. The third-order valence-electron chi connectivity index (χ3n) is 1.84. The van der Waals surface area contributed by atoms with Crippen molar-refractivity contribution in [1.29, 1.82) is 5.26 Å². The van der Waals surface area contributed by atoms with Crippen molar-refractivity contribution in [2.75, 3.05) is 7.11 Å². The van der Waals surface area contributed by atoms with E-state index in [9.17, 15) is 4.79 Å². The number of carbonyl (C=O) groups is 1. The molecular weight excluding hydrogens is 237 g/mol. The Morgan fingerprint density at radius 1 is 1.53 bits per heavy atom. The van der Waals surface area contributed by atoms with Crippen molar-refractivity contribution < 1.29 is 9.53 Å². The van der Waals surface area contributed by atoms with Gasteiger partial charge < -0.3 is 4.74 Å². The summed E-state index contributed by atoms with van der Waals surface area (Å²) >= 11 is 11.6. The van der Waals surface area contributed by atoms with E-state index >= 15 is 0 Å². The summed E-state index contributed by atoms with van der Waals surface area (Å²) < 4.78 is 4.49. The zero-order chi connectivity index (χ0) is 11.4. The van der Waals surface area contributed by atoms with Gasteiger partial charge in [-0.2, -0.15) is 5.26 Å². The monoisotopic (exact) mass is 243 g/mol. The molecule has 0 saturated carbocycles. The lowest BCUT2D eigenvalue weighted by Crippen LogP contribution is -2.12. The van der Waals surface area contributed by atoms with E-state index in [-0.39, 0.29) is 5.02 Å². The second-order valence-electron chi connectivity index (χ2n) is 2.75. The maximum atomic E-state index is 11.2. The maximum absolute atomic E-state index is 11.2. The SMILES string of the molecule is COC(=O)C(C#N)c1ccc(Cl)cc1Cl. The summed E-state index contributed by atoms with van der Waals surface area (Å²) in [6.45, 7) is 0. The molecule has 0 heterocycles. The highest BCUT2D eigenvalue weighted by molar-refractivity contribution is 6.35. The van der Waals surface area contributed by atoms with Gasteiger partial charge in [-0.15, -0.1) is 0 Å². The van der Waals surface area contributed by atoms with Crippen molar-refractivity contribution in [1.82, 2.24) is 0 Å². The Balaban J connectivity index is 3.14. The third kappa shape index (κ3) is 2.62. The second kappa shape index (κ2) is 5.01. The van der Waals surface area contributed by atoms with Crippen LogP contribution in [0.3, 0.4) is 0 Å². The molecule has 0 fully saturated rings. The van der Waals surface area contributed by atoms with E-state index in [2.05, 4.69) is 4.74 Å². The van der Waals surface area contributed by atoms with E-state index < -0.39 is 11.9 Å². The molecule has 0 spiro atoms. The minimum absolute atomic E-state index is 0.277. The van der Waals surface area contributed by atoms with Gasteiger partial charge in [0.15, 0.2) is 5.92 Å². The fraction of sp³-hybridized carbons (Fsp3) is 0.200. The van der Waals surface area contributed by atoms with Gasteiger partial charge in [-0.1, -0.05) is 29.3 Å². The molecule has 0 bridgehead atoms. The number of methoxy groups -OCH3 is 1. The van der Waals surface area contributed by atoms with Crippen molar-refractivity contribution in [2.24, 2.45) is 0 Å². The summed E-state index contributed by atoms with van der Waals surface area (Å²) in [5.41, 5.74) is 0.399. The van der Waals surface area contributed by atoms with Gasteiger partial charge in [-0.25, -0.2) is 0 Å². The van der Waals surface area contributed by atoms with Gasteiger partial charge in [-0.05, 0) is 17.7 Å². The summed E-state index contributed by atoms with van der Waals surface area (Å²) in [5, 5.41) is 9.56. The van der Waals surface area contributed by atoms with E-state index in [4.69, 9.17) is 28.5 Å². The van der Waals surface area contributed by atoms with Gasteiger partial charge in [0, 0.05) is 10.0 Å². The van der Waals surface area contributed by atoms with E-state index in [1.54, 1.807) is 6.07 Å². The zero-order valence-corrected chi connectivity index (χ0v) is 9.34. The number of carbonyl (C=O) groups excluding carboxylic acids is 1. The minimum Gasteiger partial charge on any atom is -0.468 e. The van der Waals surface area contributed by atoms with Crippen molar-refractivity contribution >= 4 is 29.2 Å². The average Bonchev–Trinajstić information content (AvgIpc) is 2.21. The molecule has 15 heavy (non-hydrogen) atoms.